The summed E-state index contributed by atoms with van der Waals surface area (Å²) in [6.07, 6.45) is 0.174. The highest BCUT2D eigenvalue weighted by molar-refractivity contribution is 5.81. The highest BCUT2D eigenvalue weighted by atomic mass is 16.5. The Kier molecular flexibility index (Phi) is 5.92. The van der Waals surface area contributed by atoms with Gasteiger partial charge in [-0.15, -0.1) is 0 Å². The second kappa shape index (κ2) is 8.13. The van der Waals surface area contributed by atoms with E-state index in [2.05, 4.69) is 5.32 Å². The van der Waals surface area contributed by atoms with Crippen molar-refractivity contribution in [3.63, 3.8) is 0 Å². The summed E-state index contributed by atoms with van der Waals surface area (Å²) in [5.74, 6) is -0.703. The van der Waals surface area contributed by atoms with Gasteiger partial charge in [0.25, 0.3) is 5.91 Å². The predicted molar refractivity (Wildman–Crippen MR) is 88.9 cm³/mol. The average molecular weight is 311 g/mol. The SMILES string of the molecule is Cc1ccc(CC(=O)OCC(=O)NCc2ccccc2)cc1C. The first-order valence-electron chi connectivity index (χ1n) is 7.57. The van der Waals surface area contributed by atoms with Crippen LogP contribution in [0.25, 0.3) is 0 Å². The van der Waals surface area contributed by atoms with Gasteiger partial charge in [-0.05, 0) is 36.1 Å². The number of carbonyl (C=O) groups excluding carboxylic acids is 2. The maximum Gasteiger partial charge on any atom is 0.310 e. The zero-order chi connectivity index (χ0) is 16.7. The molecule has 0 unspecified atom stereocenters. The molecule has 0 radical (unpaired) electrons. The van der Waals surface area contributed by atoms with Gasteiger partial charge in [0, 0.05) is 6.54 Å². The summed E-state index contributed by atoms with van der Waals surface area (Å²) in [6, 6.07) is 15.4. The monoisotopic (exact) mass is 311 g/mol. The maximum absolute atomic E-state index is 11.8. The number of aryl methyl sites for hydroxylation is 2. The van der Waals surface area contributed by atoms with Gasteiger partial charge in [-0.25, -0.2) is 0 Å². The fourth-order valence-corrected chi connectivity index (χ4v) is 2.12. The molecular weight excluding hydrogens is 290 g/mol. The summed E-state index contributed by atoms with van der Waals surface area (Å²) in [6.45, 7) is 4.20. The molecule has 0 bridgehead atoms. The molecule has 0 aliphatic heterocycles. The van der Waals surface area contributed by atoms with Crippen LogP contribution in [-0.4, -0.2) is 18.5 Å². The van der Waals surface area contributed by atoms with Crippen LogP contribution < -0.4 is 5.32 Å². The van der Waals surface area contributed by atoms with Gasteiger partial charge in [0.05, 0.1) is 6.42 Å². The molecule has 0 saturated heterocycles. The van der Waals surface area contributed by atoms with Gasteiger partial charge < -0.3 is 10.1 Å². The van der Waals surface area contributed by atoms with Crippen LogP contribution in [-0.2, 0) is 27.3 Å². The Hall–Kier alpha value is -2.62. The minimum atomic E-state index is -0.400. The Labute approximate surface area is 136 Å². The number of amides is 1. The first-order chi connectivity index (χ1) is 11.0. The molecule has 2 rings (SSSR count). The van der Waals surface area contributed by atoms with Crippen molar-refractivity contribution in [2.45, 2.75) is 26.8 Å². The average Bonchev–Trinajstić information content (AvgIpc) is 2.55. The Bertz CT molecular complexity index is 680. The Morgan fingerprint density at radius 3 is 2.39 bits per heavy atom. The highest BCUT2D eigenvalue weighted by Gasteiger charge is 2.09. The van der Waals surface area contributed by atoms with E-state index in [4.69, 9.17) is 4.74 Å². The second-order valence-electron chi connectivity index (χ2n) is 5.52. The number of ether oxygens (including phenoxy) is 1. The molecule has 0 aliphatic carbocycles. The van der Waals surface area contributed by atoms with Crippen molar-refractivity contribution >= 4 is 11.9 Å². The summed E-state index contributed by atoms with van der Waals surface area (Å²) < 4.78 is 5.02. The highest BCUT2D eigenvalue weighted by Crippen LogP contribution is 2.10. The third-order valence-electron chi connectivity index (χ3n) is 3.62. The van der Waals surface area contributed by atoms with E-state index in [-0.39, 0.29) is 18.9 Å². The van der Waals surface area contributed by atoms with Crippen molar-refractivity contribution < 1.29 is 14.3 Å². The summed E-state index contributed by atoms with van der Waals surface area (Å²) >= 11 is 0. The van der Waals surface area contributed by atoms with Crippen molar-refractivity contribution in [3.8, 4) is 0 Å². The molecular formula is C19H21NO3. The number of hydrogen-bond acceptors (Lipinski definition) is 3. The molecule has 4 nitrogen and oxygen atoms in total. The molecule has 2 aromatic carbocycles. The molecule has 4 heteroatoms. The lowest BCUT2D eigenvalue weighted by Gasteiger charge is -2.08. The summed E-state index contributed by atoms with van der Waals surface area (Å²) in [4.78, 5) is 23.5. The fourth-order valence-electron chi connectivity index (χ4n) is 2.12. The molecule has 0 aliphatic rings. The molecule has 0 fully saturated rings. The lowest BCUT2D eigenvalue weighted by Crippen LogP contribution is -2.28. The number of esters is 1. The molecule has 1 N–H and O–H groups in total. The van der Waals surface area contributed by atoms with Crippen LogP contribution in [0.1, 0.15) is 22.3 Å². The zero-order valence-electron chi connectivity index (χ0n) is 13.5. The summed E-state index contributed by atoms with van der Waals surface area (Å²) in [5, 5.41) is 2.72. The molecule has 2 aromatic rings. The van der Waals surface area contributed by atoms with Crippen molar-refractivity contribution in [2.24, 2.45) is 0 Å². The number of nitrogens with one attached hydrogen (secondary N) is 1. The van der Waals surface area contributed by atoms with Crippen molar-refractivity contribution in [1.29, 1.82) is 0 Å². The number of carbonyl (C=O) groups is 2. The molecule has 1 amide bonds. The smallest absolute Gasteiger partial charge is 0.310 e. The molecule has 0 aromatic heterocycles. The van der Waals surface area contributed by atoms with Crippen LogP contribution in [0.4, 0.5) is 0 Å². The molecule has 120 valence electrons. The van der Waals surface area contributed by atoms with Crippen LogP contribution in [0.3, 0.4) is 0 Å². The first kappa shape index (κ1) is 16.7. The lowest BCUT2D eigenvalue weighted by molar-refractivity contribution is -0.147. The number of benzene rings is 2. The van der Waals surface area contributed by atoms with Crippen LogP contribution in [0.5, 0.6) is 0 Å². The summed E-state index contributed by atoms with van der Waals surface area (Å²) in [5.41, 5.74) is 4.21. The van der Waals surface area contributed by atoms with Crippen LogP contribution >= 0.6 is 0 Å². The van der Waals surface area contributed by atoms with E-state index in [9.17, 15) is 9.59 Å². The van der Waals surface area contributed by atoms with Crippen LogP contribution in [0.15, 0.2) is 48.5 Å². The lowest BCUT2D eigenvalue weighted by atomic mass is 10.0. The van der Waals surface area contributed by atoms with Gasteiger partial charge in [-0.1, -0.05) is 48.5 Å². The second-order valence-corrected chi connectivity index (χ2v) is 5.52. The molecule has 23 heavy (non-hydrogen) atoms. The Balaban J connectivity index is 1.73. The standard InChI is InChI=1S/C19H21NO3/c1-14-8-9-17(10-15(14)2)11-19(22)23-13-18(21)20-12-16-6-4-3-5-7-16/h3-10H,11-13H2,1-2H3,(H,20,21). The van der Waals surface area contributed by atoms with Crippen molar-refractivity contribution in [3.05, 3.63) is 70.8 Å². The third-order valence-corrected chi connectivity index (χ3v) is 3.62. The Morgan fingerprint density at radius 2 is 1.70 bits per heavy atom. The normalized spacial score (nSPS) is 10.2. The van der Waals surface area contributed by atoms with Crippen molar-refractivity contribution in [2.75, 3.05) is 6.61 Å². The zero-order valence-corrected chi connectivity index (χ0v) is 13.5. The van der Waals surface area contributed by atoms with Gasteiger partial charge >= 0.3 is 5.97 Å². The van der Waals surface area contributed by atoms with E-state index in [1.54, 1.807) is 0 Å². The van der Waals surface area contributed by atoms with Gasteiger partial charge in [-0.2, -0.15) is 0 Å². The first-order valence-corrected chi connectivity index (χ1v) is 7.57. The minimum Gasteiger partial charge on any atom is -0.455 e. The van der Waals surface area contributed by atoms with Crippen molar-refractivity contribution in [1.82, 2.24) is 5.32 Å². The quantitative estimate of drug-likeness (QED) is 0.835. The van der Waals surface area contributed by atoms with E-state index >= 15 is 0 Å². The van der Waals surface area contributed by atoms with E-state index in [0.29, 0.717) is 6.54 Å². The summed E-state index contributed by atoms with van der Waals surface area (Å²) in [7, 11) is 0. The van der Waals surface area contributed by atoms with E-state index in [1.165, 1.54) is 5.56 Å². The fraction of sp³-hybridized carbons (Fsp3) is 0.263. The topological polar surface area (TPSA) is 55.4 Å². The minimum absolute atomic E-state index is 0.174. The predicted octanol–water partition coefficient (Wildman–Crippen LogP) is 2.71. The number of rotatable bonds is 6. The number of hydrogen-bond donors (Lipinski definition) is 1. The van der Waals surface area contributed by atoms with E-state index in [0.717, 1.165) is 16.7 Å². The largest absolute Gasteiger partial charge is 0.455 e. The van der Waals surface area contributed by atoms with Gasteiger partial charge in [0.15, 0.2) is 6.61 Å². The molecule has 0 atom stereocenters. The third kappa shape index (κ3) is 5.58. The Morgan fingerprint density at radius 1 is 0.957 bits per heavy atom. The molecule has 0 heterocycles. The van der Waals surface area contributed by atoms with Gasteiger partial charge in [0.2, 0.25) is 0 Å². The molecule has 0 spiro atoms. The molecule has 0 saturated carbocycles. The van der Waals surface area contributed by atoms with Crippen LogP contribution in [0.2, 0.25) is 0 Å². The van der Waals surface area contributed by atoms with E-state index < -0.39 is 5.97 Å². The van der Waals surface area contributed by atoms with Gasteiger partial charge in [-0.3, -0.25) is 9.59 Å². The van der Waals surface area contributed by atoms with Gasteiger partial charge in [0.1, 0.15) is 0 Å². The van der Waals surface area contributed by atoms with Crippen LogP contribution in [0, 0.1) is 13.8 Å². The van der Waals surface area contributed by atoms with E-state index in [1.807, 2.05) is 62.4 Å². The maximum atomic E-state index is 11.8.